The van der Waals surface area contributed by atoms with E-state index in [1.165, 1.54) is 0 Å². The second-order valence-corrected chi connectivity index (χ2v) is 3.79. The maximum atomic E-state index is 9.27. The molecule has 16 heavy (non-hydrogen) atoms. The Hall–Kier alpha value is -1.10. The van der Waals surface area contributed by atoms with Crippen LogP contribution in [-0.4, -0.2) is 24.9 Å². The maximum absolute atomic E-state index is 9.27. The Kier molecular flexibility index (Phi) is 4.16. The van der Waals surface area contributed by atoms with E-state index in [4.69, 9.17) is 9.39 Å². The molecule has 1 unspecified atom stereocenters. The number of hydrogen-bond acceptors (Lipinski definition) is 3. The van der Waals surface area contributed by atoms with Crippen molar-refractivity contribution in [1.82, 2.24) is 0 Å². The minimum Gasteiger partial charge on any atom is -0.427 e. The Bertz CT molecular complexity index is 339. The Balaban J connectivity index is 1.72. The standard InChI is InChI=1S/C12H15BO3/c14-13-8-4-7-12(16-13)10-15-9-11-5-2-1-3-6-11/h1-7,12,14H,8-10H2. The van der Waals surface area contributed by atoms with Gasteiger partial charge in [-0.25, -0.2) is 0 Å². The summed E-state index contributed by atoms with van der Waals surface area (Å²) in [5.41, 5.74) is 1.14. The predicted molar refractivity (Wildman–Crippen MR) is 62.9 cm³/mol. The smallest absolute Gasteiger partial charge is 0.427 e. The zero-order valence-electron chi connectivity index (χ0n) is 9.08. The molecule has 3 nitrogen and oxygen atoms in total. The quantitative estimate of drug-likeness (QED) is 0.616. The zero-order chi connectivity index (χ0) is 11.2. The second kappa shape index (κ2) is 5.84. The Morgan fingerprint density at radius 2 is 2.19 bits per heavy atom. The molecule has 0 fully saturated rings. The average molecular weight is 218 g/mol. The van der Waals surface area contributed by atoms with Crippen molar-refractivity contribution in [1.29, 1.82) is 0 Å². The Morgan fingerprint density at radius 1 is 1.38 bits per heavy atom. The number of allylic oxidation sites excluding steroid dienone is 1. The second-order valence-electron chi connectivity index (χ2n) is 3.79. The molecule has 1 atom stereocenters. The highest BCUT2D eigenvalue weighted by Gasteiger charge is 2.20. The summed E-state index contributed by atoms with van der Waals surface area (Å²) in [6, 6.07) is 9.99. The number of rotatable bonds is 4. The highest BCUT2D eigenvalue weighted by Crippen LogP contribution is 2.09. The summed E-state index contributed by atoms with van der Waals surface area (Å²) in [6.07, 6.45) is 4.28. The van der Waals surface area contributed by atoms with E-state index in [-0.39, 0.29) is 6.10 Å². The first-order valence-corrected chi connectivity index (χ1v) is 5.46. The van der Waals surface area contributed by atoms with Gasteiger partial charge in [0.1, 0.15) is 0 Å². The monoisotopic (exact) mass is 218 g/mol. The lowest BCUT2D eigenvalue weighted by Gasteiger charge is -2.19. The van der Waals surface area contributed by atoms with Crippen LogP contribution in [0.3, 0.4) is 0 Å². The minimum atomic E-state index is -0.685. The zero-order valence-corrected chi connectivity index (χ0v) is 9.08. The molecule has 0 radical (unpaired) electrons. The van der Waals surface area contributed by atoms with Gasteiger partial charge in [0.15, 0.2) is 0 Å². The summed E-state index contributed by atoms with van der Waals surface area (Å²) in [5.74, 6) is 0. The molecular weight excluding hydrogens is 203 g/mol. The molecule has 0 saturated heterocycles. The normalized spacial score (nSPS) is 20.1. The largest absolute Gasteiger partial charge is 0.458 e. The molecule has 1 heterocycles. The van der Waals surface area contributed by atoms with Gasteiger partial charge in [0, 0.05) is 6.32 Å². The molecule has 1 aromatic rings. The molecule has 0 aromatic heterocycles. The van der Waals surface area contributed by atoms with Crippen LogP contribution in [0.5, 0.6) is 0 Å². The number of ether oxygens (including phenoxy) is 1. The van der Waals surface area contributed by atoms with Crippen LogP contribution in [0.2, 0.25) is 6.32 Å². The van der Waals surface area contributed by atoms with Crippen molar-refractivity contribution in [2.75, 3.05) is 6.61 Å². The molecule has 0 bridgehead atoms. The molecule has 1 aliphatic heterocycles. The molecule has 4 heteroatoms. The van der Waals surface area contributed by atoms with Crippen LogP contribution in [0, 0.1) is 0 Å². The van der Waals surface area contributed by atoms with Gasteiger partial charge in [0.2, 0.25) is 0 Å². The fourth-order valence-corrected chi connectivity index (χ4v) is 1.61. The lowest BCUT2D eigenvalue weighted by molar-refractivity contribution is 0.0504. The van der Waals surface area contributed by atoms with Crippen LogP contribution in [0.1, 0.15) is 5.56 Å². The van der Waals surface area contributed by atoms with Crippen LogP contribution < -0.4 is 0 Å². The fraction of sp³-hybridized carbons (Fsp3) is 0.333. The van der Waals surface area contributed by atoms with Crippen LogP contribution in [0.25, 0.3) is 0 Å². The van der Waals surface area contributed by atoms with Gasteiger partial charge in [-0.15, -0.1) is 0 Å². The summed E-state index contributed by atoms with van der Waals surface area (Å²) < 4.78 is 10.8. The van der Waals surface area contributed by atoms with Crippen LogP contribution in [0.15, 0.2) is 42.5 Å². The number of benzene rings is 1. The maximum Gasteiger partial charge on any atom is 0.458 e. The van der Waals surface area contributed by atoms with E-state index in [9.17, 15) is 5.02 Å². The van der Waals surface area contributed by atoms with E-state index in [1.807, 2.05) is 42.5 Å². The SMILES string of the molecule is OB1CC=CC(COCc2ccccc2)O1. The Morgan fingerprint density at radius 3 is 2.94 bits per heavy atom. The topological polar surface area (TPSA) is 38.7 Å². The third-order valence-electron chi connectivity index (χ3n) is 2.41. The molecule has 2 rings (SSSR count). The first-order valence-electron chi connectivity index (χ1n) is 5.46. The highest BCUT2D eigenvalue weighted by molar-refractivity contribution is 6.43. The van der Waals surface area contributed by atoms with Crippen LogP contribution in [0.4, 0.5) is 0 Å². The van der Waals surface area contributed by atoms with Crippen molar-refractivity contribution >= 4 is 7.12 Å². The molecule has 0 spiro atoms. The van der Waals surface area contributed by atoms with Crippen molar-refractivity contribution in [2.45, 2.75) is 19.0 Å². The van der Waals surface area contributed by atoms with Crippen molar-refractivity contribution in [2.24, 2.45) is 0 Å². The lowest BCUT2D eigenvalue weighted by atomic mass is 9.82. The lowest BCUT2D eigenvalue weighted by Crippen LogP contribution is -2.30. The third-order valence-corrected chi connectivity index (χ3v) is 2.41. The van der Waals surface area contributed by atoms with E-state index >= 15 is 0 Å². The molecule has 0 aliphatic carbocycles. The van der Waals surface area contributed by atoms with E-state index in [2.05, 4.69) is 0 Å². The van der Waals surface area contributed by atoms with Crippen LogP contribution in [-0.2, 0) is 16.0 Å². The summed E-state index contributed by atoms with van der Waals surface area (Å²) in [6.45, 7) is 1.05. The molecule has 84 valence electrons. The van der Waals surface area contributed by atoms with E-state index in [0.29, 0.717) is 19.5 Å². The van der Waals surface area contributed by atoms with Crippen molar-refractivity contribution in [3.8, 4) is 0 Å². The summed E-state index contributed by atoms with van der Waals surface area (Å²) in [7, 11) is -0.685. The van der Waals surface area contributed by atoms with Crippen molar-refractivity contribution in [3.05, 3.63) is 48.0 Å². The highest BCUT2D eigenvalue weighted by atomic mass is 16.6. The Labute approximate surface area is 95.8 Å². The summed E-state index contributed by atoms with van der Waals surface area (Å²) in [4.78, 5) is 0. The van der Waals surface area contributed by atoms with Gasteiger partial charge in [-0.3, -0.25) is 0 Å². The fourth-order valence-electron chi connectivity index (χ4n) is 1.61. The van der Waals surface area contributed by atoms with Gasteiger partial charge in [-0.1, -0.05) is 42.5 Å². The van der Waals surface area contributed by atoms with Crippen molar-refractivity contribution in [3.63, 3.8) is 0 Å². The molecule has 1 aliphatic rings. The third kappa shape index (κ3) is 3.49. The first kappa shape index (κ1) is 11.4. The summed E-state index contributed by atoms with van der Waals surface area (Å²) in [5, 5.41) is 9.27. The predicted octanol–water partition coefficient (Wildman–Crippen LogP) is 1.64. The average Bonchev–Trinajstić information content (AvgIpc) is 2.30. The molecule has 0 amide bonds. The van der Waals surface area contributed by atoms with E-state index < -0.39 is 7.12 Å². The van der Waals surface area contributed by atoms with Crippen molar-refractivity contribution < 1.29 is 14.4 Å². The molecule has 1 N–H and O–H groups in total. The molecular formula is C12H15BO3. The van der Waals surface area contributed by atoms with Gasteiger partial charge in [-0.05, 0) is 5.56 Å². The van der Waals surface area contributed by atoms with Gasteiger partial charge in [-0.2, -0.15) is 0 Å². The van der Waals surface area contributed by atoms with Gasteiger partial charge >= 0.3 is 7.12 Å². The molecule has 0 saturated carbocycles. The van der Waals surface area contributed by atoms with Gasteiger partial charge in [0.05, 0.1) is 19.3 Å². The minimum absolute atomic E-state index is 0.132. The van der Waals surface area contributed by atoms with E-state index in [0.717, 1.165) is 5.56 Å². The summed E-state index contributed by atoms with van der Waals surface area (Å²) >= 11 is 0. The van der Waals surface area contributed by atoms with Crippen LogP contribution >= 0.6 is 0 Å². The molecule has 1 aromatic carbocycles. The van der Waals surface area contributed by atoms with Gasteiger partial charge in [0.25, 0.3) is 0 Å². The first-order chi connectivity index (χ1) is 7.84. The number of hydrogen-bond donors (Lipinski definition) is 1. The van der Waals surface area contributed by atoms with Gasteiger partial charge < -0.3 is 14.4 Å². The van der Waals surface area contributed by atoms with E-state index in [1.54, 1.807) is 0 Å².